The Balaban J connectivity index is 1.45. The molecule has 2 aromatic rings. The van der Waals surface area contributed by atoms with Crippen LogP contribution < -0.4 is 4.74 Å². The van der Waals surface area contributed by atoms with Gasteiger partial charge in [-0.2, -0.15) is 0 Å². The first-order valence-corrected chi connectivity index (χ1v) is 12.8. The lowest BCUT2D eigenvalue weighted by molar-refractivity contribution is 0.112. The highest BCUT2D eigenvalue weighted by molar-refractivity contribution is 5.85. The normalized spacial score (nSPS) is 25.9. The molecule has 4 unspecified atom stereocenters. The third-order valence-electron chi connectivity index (χ3n) is 7.95. The standard InChI is InChI=1S/C29H38F2O/c1-3-5-7-8-20-9-10-22-15-23(12-11-21(22)14-20)26-19-27-24(17-28(26)30)16-25(18-29(27)31)32-13-6-4-2/h4,6,16-23H,3,5,7-15H2,1-2H3. The van der Waals surface area contributed by atoms with E-state index in [1.807, 2.05) is 19.1 Å². The fraction of sp³-hybridized carbons (Fsp3) is 0.586. The summed E-state index contributed by atoms with van der Waals surface area (Å²) in [7, 11) is 0. The molecule has 3 heteroatoms. The first-order valence-electron chi connectivity index (χ1n) is 12.8. The predicted octanol–water partition coefficient (Wildman–Crippen LogP) is 8.95. The highest BCUT2D eigenvalue weighted by Gasteiger charge is 2.36. The highest BCUT2D eigenvalue weighted by atomic mass is 19.1. The Hall–Kier alpha value is -1.90. The molecule has 0 bridgehead atoms. The molecule has 174 valence electrons. The second-order valence-electron chi connectivity index (χ2n) is 10.1. The van der Waals surface area contributed by atoms with E-state index in [0.29, 0.717) is 34.6 Å². The van der Waals surface area contributed by atoms with E-state index in [4.69, 9.17) is 4.74 Å². The number of hydrogen-bond donors (Lipinski definition) is 0. The molecule has 2 fully saturated rings. The number of benzene rings is 2. The van der Waals surface area contributed by atoms with Gasteiger partial charge < -0.3 is 4.74 Å². The second-order valence-corrected chi connectivity index (χ2v) is 10.1. The minimum Gasteiger partial charge on any atom is -0.489 e. The van der Waals surface area contributed by atoms with Crippen LogP contribution in [0.5, 0.6) is 5.75 Å². The molecule has 0 saturated heterocycles. The van der Waals surface area contributed by atoms with Gasteiger partial charge in [0.1, 0.15) is 24.0 Å². The molecule has 32 heavy (non-hydrogen) atoms. The number of fused-ring (bicyclic) bond motifs is 2. The molecule has 0 heterocycles. The van der Waals surface area contributed by atoms with Crippen LogP contribution in [0.1, 0.15) is 89.5 Å². The van der Waals surface area contributed by atoms with Crippen molar-refractivity contribution in [2.45, 2.75) is 84.0 Å². The molecule has 1 nitrogen and oxygen atoms in total. The van der Waals surface area contributed by atoms with Gasteiger partial charge in [-0.15, -0.1) is 0 Å². The summed E-state index contributed by atoms with van der Waals surface area (Å²) in [6.07, 6.45) is 16.4. The Morgan fingerprint density at radius 1 is 0.938 bits per heavy atom. The van der Waals surface area contributed by atoms with Crippen LogP contribution in [0.25, 0.3) is 10.8 Å². The van der Waals surface area contributed by atoms with E-state index < -0.39 is 0 Å². The van der Waals surface area contributed by atoms with Crippen LogP contribution in [-0.4, -0.2) is 6.61 Å². The average Bonchev–Trinajstić information content (AvgIpc) is 2.79. The first kappa shape index (κ1) is 23.3. The lowest BCUT2D eigenvalue weighted by Crippen LogP contribution is -2.30. The van der Waals surface area contributed by atoms with Gasteiger partial charge >= 0.3 is 0 Å². The quantitative estimate of drug-likeness (QED) is 0.294. The minimum atomic E-state index is -0.333. The monoisotopic (exact) mass is 440 g/mol. The third kappa shape index (κ3) is 5.35. The zero-order chi connectivity index (χ0) is 22.5. The van der Waals surface area contributed by atoms with Gasteiger partial charge in [0, 0.05) is 11.5 Å². The maximum absolute atomic E-state index is 15.2. The van der Waals surface area contributed by atoms with Gasteiger partial charge in [0.15, 0.2) is 0 Å². The SMILES string of the molecule is CC=CCOc1cc(F)c2cc(C3CCC4CC(CCCCC)CCC4C3)c(F)cc2c1. The number of allylic oxidation sites excluding steroid dienone is 1. The number of ether oxygens (including phenoxy) is 1. The van der Waals surface area contributed by atoms with E-state index >= 15 is 4.39 Å². The summed E-state index contributed by atoms with van der Waals surface area (Å²) < 4.78 is 35.6. The molecule has 0 spiro atoms. The highest BCUT2D eigenvalue weighted by Crippen LogP contribution is 2.49. The van der Waals surface area contributed by atoms with Gasteiger partial charge in [-0.25, -0.2) is 8.78 Å². The van der Waals surface area contributed by atoms with Crippen LogP contribution in [0.15, 0.2) is 36.4 Å². The van der Waals surface area contributed by atoms with E-state index in [2.05, 4.69) is 6.92 Å². The van der Waals surface area contributed by atoms with Crippen LogP contribution in [0, 0.1) is 29.4 Å². The maximum Gasteiger partial charge on any atom is 0.134 e. The summed E-state index contributed by atoms with van der Waals surface area (Å²) in [5.41, 5.74) is 0.711. The topological polar surface area (TPSA) is 9.23 Å². The van der Waals surface area contributed by atoms with E-state index in [1.165, 1.54) is 63.5 Å². The number of halogens is 2. The molecule has 2 aromatic carbocycles. The molecule has 4 atom stereocenters. The second kappa shape index (κ2) is 10.8. The zero-order valence-electron chi connectivity index (χ0n) is 19.7. The largest absolute Gasteiger partial charge is 0.489 e. The molecular weight excluding hydrogens is 402 g/mol. The van der Waals surface area contributed by atoms with Gasteiger partial charge in [-0.1, -0.05) is 51.2 Å². The average molecular weight is 441 g/mol. The molecule has 0 aliphatic heterocycles. The van der Waals surface area contributed by atoms with Crippen molar-refractivity contribution in [1.29, 1.82) is 0 Å². The third-order valence-corrected chi connectivity index (χ3v) is 7.95. The van der Waals surface area contributed by atoms with Gasteiger partial charge in [-0.3, -0.25) is 0 Å². The fourth-order valence-corrected chi connectivity index (χ4v) is 6.18. The fourth-order valence-electron chi connectivity index (χ4n) is 6.18. The van der Waals surface area contributed by atoms with Crippen molar-refractivity contribution < 1.29 is 13.5 Å². The first-order chi connectivity index (χ1) is 15.6. The maximum atomic E-state index is 15.2. The van der Waals surface area contributed by atoms with Gasteiger partial charge in [0.05, 0.1) is 0 Å². The van der Waals surface area contributed by atoms with Crippen LogP contribution in [0.2, 0.25) is 0 Å². The summed E-state index contributed by atoms with van der Waals surface area (Å²) in [6.45, 7) is 4.56. The summed E-state index contributed by atoms with van der Waals surface area (Å²) in [6, 6.07) is 6.44. The zero-order valence-corrected chi connectivity index (χ0v) is 19.7. The molecule has 4 rings (SSSR count). The molecule has 0 radical (unpaired) electrons. The van der Waals surface area contributed by atoms with E-state index in [9.17, 15) is 4.39 Å². The number of hydrogen-bond acceptors (Lipinski definition) is 1. The molecule has 2 aliphatic rings. The van der Waals surface area contributed by atoms with Crippen LogP contribution in [0.3, 0.4) is 0 Å². The Bertz CT molecular complexity index is 934. The minimum absolute atomic E-state index is 0.195. The number of rotatable bonds is 8. The Labute approximate surface area is 192 Å². The number of unbranched alkanes of at least 4 members (excludes halogenated alkanes) is 2. The van der Waals surface area contributed by atoms with Crippen molar-refractivity contribution in [1.82, 2.24) is 0 Å². The summed E-state index contributed by atoms with van der Waals surface area (Å²) in [5.74, 6) is 2.54. The van der Waals surface area contributed by atoms with Crippen molar-refractivity contribution in [2.75, 3.05) is 6.61 Å². The van der Waals surface area contributed by atoms with Crippen LogP contribution in [0.4, 0.5) is 8.78 Å². The van der Waals surface area contributed by atoms with E-state index in [1.54, 1.807) is 12.1 Å². The Morgan fingerprint density at radius 3 is 2.56 bits per heavy atom. The Morgan fingerprint density at radius 2 is 1.75 bits per heavy atom. The summed E-state index contributed by atoms with van der Waals surface area (Å²) in [4.78, 5) is 0. The van der Waals surface area contributed by atoms with E-state index in [-0.39, 0.29) is 17.6 Å². The smallest absolute Gasteiger partial charge is 0.134 e. The molecule has 2 saturated carbocycles. The van der Waals surface area contributed by atoms with Crippen LogP contribution in [-0.2, 0) is 0 Å². The van der Waals surface area contributed by atoms with Crippen molar-refractivity contribution in [2.24, 2.45) is 17.8 Å². The molecule has 2 aliphatic carbocycles. The molecular formula is C29H38F2O. The van der Waals surface area contributed by atoms with Crippen molar-refractivity contribution in [3.8, 4) is 5.75 Å². The van der Waals surface area contributed by atoms with Gasteiger partial charge in [0.25, 0.3) is 0 Å². The molecule has 0 N–H and O–H groups in total. The predicted molar refractivity (Wildman–Crippen MR) is 129 cm³/mol. The van der Waals surface area contributed by atoms with E-state index in [0.717, 1.165) is 24.7 Å². The summed E-state index contributed by atoms with van der Waals surface area (Å²) in [5, 5.41) is 1.07. The molecule has 0 aromatic heterocycles. The molecule has 0 amide bonds. The lowest BCUT2D eigenvalue weighted by atomic mass is 9.63. The summed E-state index contributed by atoms with van der Waals surface area (Å²) >= 11 is 0. The van der Waals surface area contributed by atoms with Gasteiger partial charge in [-0.05, 0) is 91.8 Å². The lowest BCUT2D eigenvalue weighted by Gasteiger charge is -2.42. The van der Waals surface area contributed by atoms with Gasteiger partial charge in [0.2, 0.25) is 0 Å². The van der Waals surface area contributed by atoms with Crippen LogP contribution >= 0.6 is 0 Å². The van der Waals surface area contributed by atoms with Crippen molar-refractivity contribution in [3.05, 3.63) is 53.6 Å². The Kier molecular flexibility index (Phi) is 7.86. The van der Waals surface area contributed by atoms with Crippen molar-refractivity contribution in [3.63, 3.8) is 0 Å². The van der Waals surface area contributed by atoms with Crippen molar-refractivity contribution >= 4 is 10.8 Å².